The quantitative estimate of drug-likeness (QED) is 0.554. The Morgan fingerprint density at radius 1 is 1.43 bits per heavy atom. The van der Waals surface area contributed by atoms with E-state index in [0.717, 1.165) is 12.1 Å². The Morgan fingerprint density at radius 3 is 2.62 bits per heavy atom. The predicted molar refractivity (Wildman–Crippen MR) is 73.8 cm³/mol. The van der Waals surface area contributed by atoms with Gasteiger partial charge in [0.05, 0.1) is 23.5 Å². The first-order valence-corrected chi connectivity index (χ1v) is 6.25. The van der Waals surface area contributed by atoms with Gasteiger partial charge >= 0.3 is 6.18 Å². The van der Waals surface area contributed by atoms with Crippen molar-refractivity contribution in [3.8, 4) is 0 Å². The molecule has 1 aromatic carbocycles. The molecule has 0 aliphatic carbocycles. The summed E-state index contributed by atoms with van der Waals surface area (Å²) in [6.07, 6.45) is -4.45. The highest BCUT2D eigenvalue weighted by atomic mass is 19.4. The Bertz CT molecular complexity index is 492. The van der Waals surface area contributed by atoms with Crippen molar-refractivity contribution in [3.05, 3.63) is 23.8 Å². The summed E-state index contributed by atoms with van der Waals surface area (Å²) in [5.74, 6) is -0.300. The lowest BCUT2D eigenvalue weighted by atomic mass is 10.1. The van der Waals surface area contributed by atoms with Crippen molar-refractivity contribution < 1.29 is 22.7 Å². The third kappa shape index (κ3) is 5.14. The number of rotatable bonds is 6. The molecule has 1 aromatic rings. The van der Waals surface area contributed by atoms with Crippen LogP contribution in [0, 0.1) is 0 Å². The highest BCUT2D eigenvalue weighted by Gasteiger charge is 2.30. The molecule has 21 heavy (non-hydrogen) atoms. The lowest BCUT2D eigenvalue weighted by molar-refractivity contribution is -0.137. The molecule has 4 N–H and O–H groups in total. The van der Waals surface area contributed by atoms with Crippen molar-refractivity contribution in [1.82, 2.24) is 5.32 Å². The van der Waals surface area contributed by atoms with E-state index in [1.807, 2.05) is 0 Å². The zero-order chi connectivity index (χ0) is 16.0. The van der Waals surface area contributed by atoms with Gasteiger partial charge in [0, 0.05) is 13.7 Å². The summed E-state index contributed by atoms with van der Waals surface area (Å²) in [5.41, 5.74) is 4.95. The van der Waals surface area contributed by atoms with Crippen molar-refractivity contribution >= 4 is 17.3 Å². The van der Waals surface area contributed by atoms with Crippen LogP contribution >= 0.6 is 0 Å². The van der Waals surface area contributed by atoms with Gasteiger partial charge in [0.2, 0.25) is 5.91 Å². The maximum atomic E-state index is 12.5. The van der Waals surface area contributed by atoms with E-state index in [1.54, 1.807) is 6.92 Å². The summed E-state index contributed by atoms with van der Waals surface area (Å²) in [4.78, 5) is 11.7. The minimum atomic E-state index is -4.45. The van der Waals surface area contributed by atoms with E-state index in [9.17, 15) is 18.0 Å². The van der Waals surface area contributed by atoms with Gasteiger partial charge in [0.25, 0.3) is 0 Å². The fraction of sp³-hybridized carbons (Fsp3) is 0.462. The summed E-state index contributed by atoms with van der Waals surface area (Å²) >= 11 is 0. The van der Waals surface area contributed by atoms with Crippen LogP contribution in [0.4, 0.5) is 24.5 Å². The topological polar surface area (TPSA) is 76.4 Å². The number of carbonyl (C=O) groups excluding carboxylic acids is 1. The molecular weight excluding hydrogens is 287 g/mol. The van der Waals surface area contributed by atoms with Crippen molar-refractivity contribution in [3.63, 3.8) is 0 Å². The van der Waals surface area contributed by atoms with Crippen LogP contribution in [0.25, 0.3) is 0 Å². The number of nitrogen functional groups attached to an aromatic ring is 1. The van der Waals surface area contributed by atoms with Crippen LogP contribution in [-0.4, -0.2) is 32.2 Å². The molecule has 0 heterocycles. The summed E-state index contributed by atoms with van der Waals surface area (Å²) in [6, 6.07) is 2.31. The zero-order valence-electron chi connectivity index (χ0n) is 11.8. The van der Waals surface area contributed by atoms with E-state index in [-0.39, 0.29) is 17.3 Å². The molecule has 0 aliphatic rings. The van der Waals surface area contributed by atoms with Crippen molar-refractivity contribution in [1.29, 1.82) is 0 Å². The standard InChI is InChI=1S/C13H18F3N3O2/c1-8(12(20)18-5-6-21-2)19-11-4-3-9(7-10(11)17)13(14,15)16/h3-4,7-8,19H,5-6,17H2,1-2H3,(H,18,20). The van der Waals surface area contributed by atoms with Crippen LogP contribution in [0.1, 0.15) is 12.5 Å². The average Bonchev–Trinajstić information content (AvgIpc) is 2.39. The molecule has 0 fully saturated rings. The molecular formula is C13H18F3N3O2. The number of nitrogens with two attached hydrogens (primary N) is 1. The number of carbonyl (C=O) groups is 1. The van der Waals surface area contributed by atoms with Gasteiger partial charge < -0.3 is 21.1 Å². The highest BCUT2D eigenvalue weighted by molar-refractivity contribution is 5.85. The molecule has 1 amide bonds. The predicted octanol–water partition coefficient (Wildman–Crippen LogP) is 1.85. The normalized spacial score (nSPS) is 12.8. The number of methoxy groups -OCH3 is 1. The molecule has 1 unspecified atom stereocenters. The Hall–Kier alpha value is -1.96. The minimum absolute atomic E-state index is 0.0682. The fourth-order valence-electron chi connectivity index (χ4n) is 1.60. The molecule has 0 saturated heterocycles. The second-order valence-electron chi connectivity index (χ2n) is 4.45. The second-order valence-corrected chi connectivity index (χ2v) is 4.45. The maximum absolute atomic E-state index is 12.5. The van der Waals surface area contributed by atoms with Gasteiger partial charge in [-0.1, -0.05) is 0 Å². The smallest absolute Gasteiger partial charge is 0.397 e. The molecule has 0 spiro atoms. The molecule has 0 saturated carbocycles. The Balaban J connectivity index is 2.68. The lowest BCUT2D eigenvalue weighted by Gasteiger charge is -2.17. The van der Waals surface area contributed by atoms with Gasteiger partial charge in [-0.2, -0.15) is 13.2 Å². The van der Waals surface area contributed by atoms with Gasteiger partial charge in [-0.25, -0.2) is 0 Å². The molecule has 0 aromatic heterocycles. The van der Waals surface area contributed by atoms with Crippen LogP contribution in [0.15, 0.2) is 18.2 Å². The molecule has 118 valence electrons. The first-order chi connectivity index (χ1) is 9.75. The van der Waals surface area contributed by atoms with E-state index in [1.165, 1.54) is 13.2 Å². The average molecular weight is 305 g/mol. The number of hydrogen-bond donors (Lipinski definition) is 3. The van der Waals surface area contributed by atoms with Crippen LogP contribution < -0.4 is 16.4 Å². The van der Waals surface area contributed by atoms with Crippen LogP contribution in [0.2, 0.25) is 0 Å². The summed E-state index contributed by atoms with van der Waals surface area (Å²) in [6.45, 7) is 2.31. The van der Waals surface area contributed by atoms with Gasteiger partial charge in [-0.3, -0.25) is 4.79 Å². The Morgan fingerprint density at radius 2 is 2.10 bits per heavy atom. The van der Waals surface area contributed by atoms with Crippen LogP contribution in [-0.2, 0) is 15.7 Å². The molecule has 5 nitrogen and oxygen atoms in total. The number of nitrogens with one attached hydrogen (secondary N) is 2. The van der Waals surface area contributed by atoms with Gasteiger partial charge in [-0.15, -0.1) is 0 Å². The van der Waals surface area contributed by atoms with E-state index in [4.69, 9.17) is 10.5 Å². The third-order valence-corrected chi connectivity index (χ3v) is 2.75. The monoisotopic (exact) mass is 305 g/mol. The number of benzene rings is 1. The number of halogens is 3. The van der Waals surface area contributed by atoms with Gasteiger partial charge in [0.1, 0.15) is 6.04 Å². The number of ether oxygens (including phenoxy) is 1. The zero-order valence-corrected chi connectivity index (χ0v) is 11.8. The first-order valence-electron chi connectivity index (χ1n) is 6.25. The Labute approximate surface area is 120 Å². The van der Waals surface area contributed by atoms with E-state index in [0.29, 0.717) is 13.2 Å². The summed E-state index contributed by atoms with van der Waals surface area (Å²) in [7, 11) is 1.51. The van der Waals surface area contributed by atoms with E-state index < -0.39 is 17.8 Å². The number of alkyl halides is 3. The largest absolute Gasteiger partial charge is 0.416 e. The number of amides is 1. The maximum Gasteiger partial charge on any atom is 0.416 e. The van der Waals surface area contributed by atoms with E-state index >= 15 is 0 Å². The summed E-state index contributed by atoms with van der Waals surface area (Å²) < 4.78 is 42.3. The molecule has 8 heteroatoms. The number of hydrogen-bond acceptors (Lipinski definition) is 4. The van der Waals surface area contributed by atoms with E-state index in [2.05, 4.69) is 10.6 Å². The SMILES string of the molecule is COCCNC(=O)C(C)Nc1ccc(C(F)(F)F)cc1N. The van der Waals surface area contributed by atoms with Gasteiger partial charge in [-0.05, 0) is 25.1 Å². The molecule has 0 aliphatic heterocycles. The molecule has 0 bridgehead atoms. The first kappa shape index (κ1) is 17.1. The fourth-order valence-corrected chi connectivity index (χ4v) is 1.60. The minimum Gasteiger partial charge on any atom is -0.397 e. The molecule has 1 rings (SSSR count). The van der Waals surface area contributed by atoms with Crippen LogP contribution in [0.3, 0.4) is 0 Å². The van der Waals surface area contributed by atoms with Crippen LogP contribution in [0.5, 0.6) is 0 Å². The highest BCUT2D eigenvalue weighted by Crippen LogP contribution is 2.32. The second kappa shape index (κ2) is 7.16. The summed E-state index contributed by atoms with van der Waals surface area (Å²) in [5, 5.41) is 5.38. The lowest BCUT2D eigenvalue weighted by Crippen LogP contribution is -2.39. The number of anilines is 2. The third-order valence-electron chi connectivity index (χ3n) is 2.75. The molecule has 1 atom stereocenters. The van der Waals surface area contributed by atoms with Crippen molar-refractivity contribution in [2.45, 2.75) is 19.1 Å². The van der Waals surface area contributed by atoms with Crippen molar-refractivity contribution in [2.24, 2.45) is 0 Å². The van der Waals surface area contributed by atoms with Crippen molar-refractivity contribution in [2.75, 3.05) is 31.3 Å². The molecule has 0 radical (unpaired) electrons. The van der Waals surface area contributed by atoms with Gasteiger partial charge in [0.15, 0.2) is 0 Å². The Kier molecular flexibility index (Phi) is 5.83.